The molecular formula is C53H36BrN5Zn. The van der Waals surface area contributed by atoms with Crippen LogP contribution in [0.25, 0.3) is 80.8 Å². The van der Waals surface area contributed by atoms with Gasteiger partial charge < -0.3 is 14.9 Å². The molecule has 60 heavy (non-hydrogen) atoms. The molecule has 282 valence electrons. The summed E-state index contributed by atoms with van der Waals surface area (Å²) in [5, 5.41) is 0. The number of nitrogens with zero attached hydrogens (tertiary/aromatic N) is 5. The Kier molecular flexibility index (Phi) is 10.9. The average Bonchev–Trinajstić information content (AvgIpc) is 4.13. The van der Waals surface area contributed by atoms with E-state index in [-0.39, 0.29) is 19.5 Å². The molecule has 7 heteroatoms. The molecule has 0 atom stereocenters. The molecule has 8 bridgehead atoms. The topological polar surface area (TPSA) is 57.2 Å². The zero-order valence-corrected chi connectivity index (χ0v) is 37.4. The fraction of sp³-hybridized carbons (Fsp3) is 0.0189. The predicted octanol–water partition coefficient (Wildman–Crippen LogP) is 14.0. The van der Waals surface area contributed by atoms with Crippen LogP contribution in [-0.2, 0) is 19.5 Å². The Morgan fingerprint density at radius 1 is 0.483 bits per heavy atom. The second-order valence-electron chi connectivity index (χ2n) is 14.6. The number of fused-ring (bicyclic) bond motifs is 8. The number of anilines is 3. The van der Waals surface area contributed by atoms with Crippen molar-refractivity contribution in [3.8, 4) is 22.3 Å². The van der Waals surface area contributed by atoms with E-state index in [0.717, 1.165) is 99.8 Å². The van der Waals surface area contributed by atoms with E-state index >= 15 is 0 Å². The van der Waals surface area contributed by atoms with E-state index in [1.54, 1.807) is 0 Å². The van der Waals surface area contributed by atoms with E-state index in [4.69, 9.17) is 19.9 Å². The molecule has 2 aliphatic rings. The molecule has 0 saturated carbocycles. The molecule has 5 aromatic carbocycles. The zero-order chi connectivity index (χ0) is 39.7. The van der Waals surface area contributed by atoms with E-state index in [0.29, 0.717) is 0 Å². The molecule has 0 fully saturated rings. The van der Waals surface area contributed by atoms with Crippen LogP contribution < -0.4 is 14.9 Å². The quantitative estimate of drug-likeness (QED) is 0.118. The van der Waals surface area contributed by atoms with Crippen LogP contribution >= 0.6 is 15.9 Å². The van der Waals surface area contributed by atoms with Gasteiger partial charge in [0.05, 0.1) is 22.8 Å². The van der Waals surface area contributed by atoms with Crippen LogP contribution in [0.4, 0.5) is 17.1 Å². The normalized spacial score (nSPS) is 11.8. The van der Waals surface area contributed by atoms with E-state index in [1.807, 2.05) is 42.5 Å². The van der Waals surface area contributed by atoms with Gasteiger partial charge in [-0.1, -0.05) is 145 Å². The number of hydrogen-bond acceptors (Lipinski definition) is 3. The summed E-state index contributed by atoms with van der Waals surface area (Å²) in [5.74, 6) is 0. The van der Waals surface area contributed by atoms with Gasteiger partial charge in [-0.15, -0.1) is 22.1 Å². The first-order chi connectivity index (χ1) is 29.0. The fourth-order valence-electron chi connectivity index (χ4n) is 7.59. The standard InChI is InChI=1S/C53H36BrN5.Zn/c1-35-12-20-38(21-13-35)52-47-31-30-46(57-47)51(45-28-24-40(55-45)34-41-25-29-49(56-41)53(54)50-33-32-48(52)58-50)39-22-16-36(17-23-39)14-15-37-18-26-44(27-19-37)59(42-8-4-2-5-9-42)43-10-6-3-7-11-43;/h2-34H,1H3;/q-2;+2/b15-14+,40-34?,41-34?,51-45?,51-46?,52-47?,52-48?,53-49?,53-50?;. The Bertz CT molecular complexity index is 3050. The molecule has 5 heterocycles. The summed E-state index contributed by atoms with van der Waals surface area (Å²) >= 11 is 3.79. The predicted molar refractivity (Wildman–Crippen MR) is 250 cm³/mol. The minimum Gasteiger partial charge on any atom is -0.657 e. The Morgan fingerprint density at radius 3 is 1.60 bits per heavy atom. The van der Waals surface area contributed by atoms with Crippen LogP contribution in [0, 0.1) is 6.92 Å². The minimum atomic E-state index is 0. The molecular weight excluding hydrogens is 852 g/mol. The van der Waals surface area contributed by atoms with Crippen LogP contribution in [0.2, 0.25) is 0 Å². The Hall–Kier alpha value is -6.66. The van der Waals surface area contributed by atoms with Gasteiger partial charge in [0.1, 0.15) is 0 Å². The Labute approximate surface area is 370 Å². The van der Waals surface area contributed by atoms with E-state index in [1.165, 1.54) is 5.56 Å². The van der Waals surface area contributed by atoms with Crippen LogP contribution in [0.15, 0.2) is 168 Å². The average molecular weight is 888 g/mol. The third-order valence-electron chi connectivity index (χ3n) is 10.6. The first kappa shape index (κ1) is 38.8. The van der Waals surface area contributed by atoms with Crippen molar-refractivity contribution in [3.63, 3.8) is 0 Å². The monoisotopic (exact) mass is 885 g/mol. The van der Waals surface area contributed by atoms with Gasteiger partial charge in [-0.3, -0.25) is 0 Å². The van der Waals surface area contributed by atoms with Gasteiger partial charge in [0.2, 0.25) is 0 Å². The molecule has 0 radical (unpaired) electrons. The van der Waals surface area contributed by atoms with Gasteiger partial charge in [-0.05, 0) is 117 Å². The summed E-state index contributed by atoms with van der Waals surface area (Å²) < 4.78 is 0.840. The van der Waals surface area contributed by atoms with Crippen molar-refractivity contribution in [1.29, 1.82) is 0 Å². The molecule has 0 aliphatic carbocycles. The van der Waals surface area contributed by atoms with E-state index in [9.17, 15) is 0 Å². The van der Waals surface area contributed by atoms with Crippen molar-refractivity contribution in [1.82, 2.24) is 19.9 Å². The molecule has 0 saturated heterocycles. The zero-order valence-electron chi connectivity index (χ0n) is 32.9. The van der Waals surface area contributed by atoms with Crippen molar-refractivity contribution in [2.24, 2.45) is 0 Å². The molecule has 8 aromatic rings. The summed E-state index contributed by atoms with van der Waals surface area (Å²) in [7, 11) is 0. The number of halogens is 1. The summed E-state index contributed by atoms with van der Waals surface area (Å²) in [6.07, 6.45) is 12.5. The van der Waals surface area contributed by atoms with Crippen molar-refractivity contribution in [2.75, 3.05) is 4.90 Å². The summed E-state index contributed by atoms with van der Waals surface area (Å²) in [5.41, 5.74) is 17.4. The molecule has 3 aromatic heterocycles. The van der Waals surface area contributed by atoms with Crippen molar-refractivity contribution < 1.29 is 19.5 Å². The van der Waals surface area contributed by atoms with Crippen LogP contribution in [0.1, 0.15) is 39.5 Å². The number of benzene rings is 5. The van der Waals surface area contributed by atoms with Gasteiger partial charge in [-0.25, -0.2) is 9.97 Å². The first-order valence-corrected chi connectivity index (χ1v) is 20.4. The van der Waals surface area contributed by atoms with Crippen molar-refractivity contribution >= 4 is 91.5 Å². The van der Waals surface area contributed by atoms with Crippen molar-refractivity contribution in [3.05, 3.63) is 208 Å². The van der Waals surface area contributed by atoms with Crippen molar-refractivity contribution in [2.45, 2.75) is 6.92 Å². The number of para-hydroxylation sites is 2. The van der Waals surface area contributed by atoms with Crippen LogP contribution in [-0.4, -0.2) is 9.97 Å². The summed E-state index contributed by atoms with van der Waals surface area (Å²) in [4.78, 5) is 22.7. The Morgan fingerprint density at radius 2 is 0.983 bits per heavy atom. The van der Waals surface area contributed by atoms with Gasteiger partial charge in [0.15, 0.2) is 0 Å². The van der Waals surface area contributed by atoms with E-state index in [2.05, 4.69) is 186 Å². The number of hydrogen-bond donors (Lipinski definition) is 0. The molecule has 0 N–H and O–H groups in total. The second kappa shape index (κ2) is 16.9. The van der Waals surface area contributed by atoms with Crippen LogP contribution in [0.5, 0.6) is 0 Å². The van der Waals surface area contributed by atoms with Gasteiger partial charge in [0, 0.05) is 21.5 Å². The van der Waals surface area contributed by atoms with Crippen LogP contribution in [0.3, 0.4) is 0 Å². The maximum absolute atomic E-state index is 5.32. The first-order valence-electron chi connectivity index (χ1n) is 19.6. The summed E-state index contributed by atoms with van der Waals surface area (Å²) in [6, 6.07) is 57.0. The molecule has 0 unspecified atom stereocenters. The molecule has 5 nitrogen and oxygen atoms in total. The maximum Gasteiger partial charge on any atom is 2.00 e. The fourth-order valence-corrected chi connectivity index (χ4v) is 8.03. The molecule has 0 amide bonds. The van der Waals surface area contributed by atoms with Gasteiger partial charge in [0.25, 0.3) is 0 Å². The van der Waals surface area contributed by atoms with Gasteiger partial charge in [-0.2, -0.15) is 0 Å². The number of aromatic nitrogens is 4. The van der Waals surface area contributed by atoms with Gasteiger partial charge >= 0.3 is 19.5 Å². The maximum atomic E-state index is 5.32. The minimum absolute atomic E-state index is 0. The number of aryl methyl sites for hydroxylation is 1. The third kappa shape index (κ3) is 7.90. The molecule has 2 aliphatic heterocycles. The smallest absolute Gasteiger partial charge is 0.657 e. The SMILES string of the molecule is Cc1ccc(-c2c3nc(c(-c4ccc(/C=C/c5ccc(N(c6ccccc6)c6ccccc6)cc5)cc4)c4ccc(cc5nc(c(Br)c6ccc2[n-]6)C=C5)[n-]4)C=C3)cc1.[Zn+2]. The Balaban J connectivity index is 0.00000462. The van der Waals surface area contributed by atoms with E-state index < -0.39 is 0 Å². The molecule has 0 spiro atoms. The third-order valence-corrected chi connectivity index (χ3v) is 11.4. The second-order valence-corrected chi connectivity index (χ2v) is 15.4. The number of rotatable bonds is 7. The largest absolute Gasteiger partial charge is 2.00 e. The molecule has 10 rings (SSSR count). The summed E-state index contributed by atoms with van der Waals surface area (Å²) in [6.45, 7) is 2.10.